The number of aryl methyl sites for hydroxylation is 1. The summed E-state index contributed by atoms with van der Waals surface area (Å²) < 4.78 is 1.80. The molecule has 5 nitrogen and oxygen atoms in total. The van der Waals surface area contributed by atoms with E-state index in [4.69, 9.17) is 5.11 Å². The second kappa shape index (κ2) is 7.01. The highest BCUT2D eigenvalue weighted by Crippen LogP contribution is 2.34. The molecule has 0 aromatic carbocycles. The SMILES string of the molecule is CC1(CNCc2cn(CCCO)nn2)CCCCC1. The van der Waals surface area contributed by atoms with Crippen molar-refractivity contribution < 1.29 is 5.11 Å². The van der Waals surface area contributed by atoms with Gasteiger partial charge in [0.15, 0.2) is 0 Å². The third kappa shape index (κ3) is 4.58. The van der Waals surface area contributed by atoms with Gasteiger partial charge in [-0.15, -0.1) is 5.10 Å². The van der Waals surface area contributed by atoms with E-state index in [0.717, 1.165) is 31.7 Å². The molecule has 1 saturated carbocycles. The predicted molar refractivity (Wildman–Crippen MR) is 74.6 cm³/mol. The fourth-order valence-corrected chi connectivity index (χ4v) is 2.84. The molecule has 19 heavy (non-hydrogen) atoms. The standard InChI is InChI=1S/C14H26N4O/c1-14(6-3-2-4-7-14)12-15-10-13-11-18(17-16-13)8-5-9-19/h11,15,19H,2-10,12H2,1H3. The third-order valence-corrected chi connectivity index (χ3v) is 4.05. The van der Waals surface area contributed by atoms with E-state index < -0.39 is 0 Å². The zero-order valence-electron chi connectivity index (χ0n) is 11.9. The number of hydrogen-bond donors (Lipinski definition) is 2. The average Bonchev–Trinajstić information content (AvgIpc) is 2.85. The molecule has 1 aliphatic rings. The lowest BCUT2D eigenvalue weighted by Gasteiger charge is -2.33. The van der Waals surface area contributed by atoms with E-state index in [1.165, 1.54) is 32.1 Å². The first-order chi connectivity index (χ1) is 9.22. The highest BCUT2D eigenvalue weighted by Gasteiger charge is 2.26. The Morgan fingerprint density at radius 1 is 1.37 bits per heavy atom. The second-order valence-corrected chi connectivity index (χ2v) is 6.02. The molecule has 5 heteroatoms. The van der Waals surface area contributed by atoms with Gasteiger partial charge in [0.2, 0.25) is 0 Å². The molecule has 1 aromatic heterocycles. The summed E-state index contributed by atoms with van der Waals surface area (Å²) in [5, 5.41) is 20.5. The maximum atomic E-state index is 8.77. The van der Waals surface area contributed by atoms with Crippen molar-refractivity contribution in [3.8, 4) is 0 Å². The van der Waals surface area contributed by atoms with Gasteiger partial charge in [-0.1, -0.05) is 31.4 Å². The largest absolute Gasteiger partial charge is 0.396 e. The number of aromatic nitrogens is 3. The van der Waals surface area contributed by atoms with Crippen LogP contribution in [0.1, 0.15) is 51.1 Å². The minimum atomic E-state index is 0.200. The molecule has 0 radical (unpaired) electrons. The van der Waals surface area contributed by atoms with Gasteiger partial charge in [0.25, 0.3) is 0 Å². The first kappa shape index (κ1) is 14.5. The summed E-state index contributed by atoms with van der Waals surface area (Å²) >= 11 is 0. The number of aliphatic hydroxyl groups excluding tert-OH is 1. The number of hydrogen-bond acceptors (Lipinski definition) is 4. The summed E-state index contributed by atoms with van der Waals surface area (Å²) in [6, 6.07) is 0. The van der Waals surface area contributed by atoms with Crippen LogP contribution in [0.2, 0.25) is 0 Å². The fraction of sp³-hybridized carbons (Fsp3) is 0.857. The Hall–Kier alpha value is -0.940. The summed E-state index contributed by atoms with van der Waals surface area (Å²) in [4.78, 5) is 0. The van der Waals surface area contributed by atoms with E-state index in [1.54, 1.807) is 4.68 Å². The monoisotopic (exact) mass is 266 g/mol. The van der Waals surface area contributed by atoms with Crippen molar-refractivity contribution in [2.45, 2.75) is 58.5 Å². The topological polar surface area (TPSA) is 63.0 Å². The number of aliphatic hydroxyl groups is 1. The van der Waals surface area contributed by atoms with Gasteiger partial charge in [-0.3, -0.25) is 4.68 Å². The summed E-state index contributed by atoms with van der Waals surface area (Å²) in [7, 11) is 0. The van der Waals surface area contributed by atoms with Crippen LogP contribution in [0.15, 0.2) is 6.20 Å². The first-order valence-corrected chi connectivity index (χ1v) is 7.42. The van der Waals surface area contributed by atoms with E-state index in [-0.39, 0.29) is 6.61 Å². The smallest absolute Gasteiger partial charge is 0.0964 e. The Morgan fingerprint density at radius 2 is 2.16 bits per heavy atom. The molecular weight excluding hydrogens is 240 g/mol. The number of nitrogens with zero attached hydrogens (tertiary/aromatic N) is 3. The zero-order valence-corrected chi connectivity index (χ0v) is 11.9. The lowest BCUT2D eigenvalue weighted by molar-refractivity contribution is 0.207. The van der Waals surface area contributed by atoms with Crippen molar-refractivity contribution in [3.63, 3.8) is 0 Å². The quantitative estimate of drug-likeness (QED) is 0.789. The van der Waals surface area contributed by atoms with Gasteiger partial charge >= 0.3 is 0 Å². The van der Waals surface area contributed by atoms with E-state index >= 15 is 0 Å². The Balaban J connectivity index is 1.71. The third-order valence-electron chi connectivity index (χ3n) is 4.05. The van der Waals surface area contributed by atoms with Crippen LogP contribution in [0.5, 0.6) is 0 Å². The van der Waals surface area contributed by atoms with Crippen molar-refractivity contribution in [2.24, 2.45) is 5.41 Å². The Morgan fingerprint density at radius 3 is 2.89 bits per heavy atom. The van der Waals surface area contributed by atoms with Gasteiger partial charge in [-0.2, -0.15) is 0 Å². The lowest BCUT2D eigenvalue weighted by atomic mass is 9.76. The van der Waals surface area contributed by atoms with Crippen LogP contribution in [-0.2, 0) is 13.1 Å². The Labute approximate surface area is 115 Å². The summed E-state index contributed by atoms with van der Waals surface area (Å²) in [6.07, 6.45) is 9.51. The van der Waals surface area contributed by atoms with Gasteiger partial charge in [0, 0.05) is 32.4 Å². The zero-order chi connectivity index (χ0) is 13.6. The molecule has 0 atom stereocenters. The van der Waals surface area contributed by atoms with E-state index in [9.17, 15) is 0 Å². The molecule has 2 N–H and O–H groups in total. The van der Waals surface area contributed by atoms with Crippen LogP contribution in [-0.4, -0.2) is 33.3 Å². The van der Waals surface area contributed by atoms with Crippen molar-refractivity contribution in [1.82, 2.24) is 20.3 Å². The molecule has 0 aliphatic heterocycles. The van der Waals surface area contributed by atoms with Crippen LogP contribution in [0, 0.1) is 5.41 Å². The van der Waals surface area contributed by atoms with Gasteiger partial charge in [-0.25, -0.2) is 0 Å². The molecule has 1 aromatic rings. The molecule has 1 fully saturated rings. The molecule has 1 heterocycles. The van der Waals surface area contributed by atoms with Gasteiger partial charge in [0.05, 0.1) is 5.69 Å². The van der Waals surface area contributed by atoms with E-state index in [0.29, 0.717) is 5.41 Å². The van der Waals surface area contributed by atoms with Crippen molar-refractivity contribution in [2.75, 3.05) is 13.2 Å². The van der Waals surface area contributed by atoms with Gasteiger partial charge in [0.1, 0.15) is 0 Å². The van der Waals surface area contributed by atoms with Crippen molar-refractivity contribution in [1.29, 1.82) is 0 Å². The van der Waals surface area contributed by atoms with Gasteiger partial charge < -0.3 is 10.4 Å². The Kier molecular flexibility index (Phi) is 5.34. The molecule has 0 amide bonds. The molecule has 108 valence electrons. The lowest BCUT2D eigenvalue weighted by Crippen LogP contribution is -2.33. The minimum absolute atomic E-state index is 0.200. The normalized spacial score (nSPS) is 18.6. The molecule has 0 spiro atoms. The molecule has 0 unspecified atom stereocenters. The minimum Gasteiger partial charge on any atom is -0.396 e. The fourth-order valence-electron chi connectivity index (χ4n) is 2.84. The Bertz CT molecular complexity index is 371. The van der Waals surface area contributed by atoms with E-state index in [2.05, 4.69) is 22.6 Å². The van der Waals surface area contributed by atoms with Crippen molar-refractivity contribution >= 4 is 0 Å². The van der Waals surface area contributed by atoms with Crippen molar-refractivity contribution in [3.05, 3.63) is 11.9 Å². The molecule has 0 saturated heterocycles. The number of rotatable bonds is 7. The summed E-state index contributed by atoms with van der Waals surface area (Å²) in [6.45, 7) is 5.18. The van der Waals surface area contributed by atoms with Crippen LogP contribution in [0.25, 0.3) is 0 Å². The maximum Gasteiger partial charge on any atom is 0.0964 e. The van der Waals surface area contributed by atoms with Crippen LogP contribution in [0.4, 0.5) is 0 Å². The molecule has 0 bridgehead atoms. The summed E-state index contributed by atoms with van der Waals surface area (Å²) in [5.41, 5.74) is 1.45. The predicted octanol–water partition coefficient (Wildman–Crippen LogP) is 1.72. The molecule has 1 aliphatic carbocycles. The van der Waals surface area contributed by atoms with Crippen LogP contribution in [0.3, 0.4) is 0 Å². The first-order valence-electron chi connectivity index (χ1n) is 7.42. The molecule has 2 rings (SSSR count). The summed E-state index contributed by atoms with van der Waals surface area (Å²) in [5.74, 6) is 0. The van der Waals surface area contributed by atoms with Gasteiger partial charge in [-0.05, 0) is 24.7 Å². The average molecular weight is 266 g/mol. The van der Waals surface area contributed by atoms with Crippen LogP contribution < -0.4 is 5.32 Å². The van der Waals surface area contributed by atoms with E-state index in [1.807, 2.05) is 6.20 Å². The maximum absolute atomic E-state index is 8.77. The highest BCUT2D eigenvalue weighted by atomic mass is 16.3. The second-order valence-electron chi connectivity index (χ2n) is 6.02. The number of nitrogens with one attached hydrogen (secondary N) is 1. The highest BCUT2D eigenvalue weighted by molar-refractivity contribution is 4.92. The van der Waals surface area contributed by atoms with Crippen LogP contribution >= 0.6 is 0 Å². The molecular formula is C14H26N4O.